The fraction of sp³-hybridized carbons (Fsp3) is 0.951. The number of unbranched alkanes of at least 4 members (excludes halogenated alkanes) is 31. The fourth-order valence-electron chi connectivity index (χ4n) is 6.38. The molecule has 0 aliphatic heterocycles. The van der Waals surface area contributed by atoms with Gasteiger partial charge in [0.25, 0.3) is 0 Å². The van der Waals surface area contributed by atoms with Crippen LogP contribution in [0, 0.1) is 0 Å². The molecule has 0 bridgehead atoms. The Morgan fingerprint density at radius 2 is 0.548 bits per heavy atom. The van der Waals surface area contributed by atoms with E-state index in [2.05, 4.69) is 26.0 Å². The molecule has 42 heavy (non-hydrogen) atoms. The molecule has 0 saturated heterocycles. The lowest BCUT2D eigenvalue weighted by atomic mass is 10.0. The Balaban J connectivity index is 3.07. The Bertz CT molecular complexity index is 483. The summed E-state index contributed by atoms with van der Waals surface area (Å²) in [6, 6.07) is 0. The molecule has 0 aromatic rings. The van der Waals surface area contributed by atoms with E-state index in [0.717, 1.165) is 12.8 Å². The van der Waals surface area contributed by atoms with Crippen molar-refractivity contribution >= 4 is 0 Å². The summed E-state index contributed by atoms with van der Waals surface area (Å²) in [6.07, 6.45) is 55.0. The van der Waals surface area contributed by atoms with Gasteiger partial charge in [0.2, 0.25) is 0 Å². The second-order valence-corrected chi connectivity index (χ2v) is 13.9. The van der Waals surface area contributed by atoms with Gasteiger partial charge < -0.3 is 5.11 Å². The first-order valence-electron chi connectivity index (χ1n) is 20.1. The summed E-state index contributed by atoms with van der Waals surface area (Å²) in [5.41, 5.74) is 0. The molecule has 0 saturated carbocycles. The van der Waals surface area contributed by atoms with Crippen LogP contribution in [0.25, 0.3) is 0 Å². The molecule has 0 heterocycles. The van der Waals surface area contributed by atoms with Gasteiger partial charge in [0, 0.05) is 0 Å². The van der Waals surface area contributed by atoms with E-state index in [1.807, 2.05) is 0 Å². The molecule has 0 amide bonds. The molecule has 0 spiro atoms. The summed E-state index contributed by atoms with van der Waals surface area (Å²) < 4.78 is 0. The first-order chi connectivity index (χ1) is 20.8. The maximum atomic E-state index is 9.90. The van der Waals surface area contributed by atoms with Crippen LogP contribution in [0.3, 0.4) is 0 Å². The van der Waals surface area contributed by atoms with Crippen molar-refractivity contribution in [2.45, 2.75) is 251 Å². The average Bonchev–Trinajstić information content (AvgIpc) is 3.00. The summed E-state index contributed by atoms with van der Waals surface area (Å²) in [5, 5.41) is 9.90. The molecule has 0 aromatic carbocycles. The second kappa shape index (κ2) is 38.7. The van der Waals surface area contributed by atoms with Crippen molar-refractivity contribution in [2.75, 3.05) is 0 Å². The van der Waals surface area contributed by atoms with Crippen molar-refractivity contribution in [3.05, 3.63) is 12.2 Å². The molecule has 1 atom stereocenters. The first kappa shape index (κ1) is 41.7. The third kappa shape index (κ3) is 37.7. The van der Waals surface area contributed by atoms with Crippen LogP contribution in [0.5, 0.6) is 0 Å². The quantitative estimate of drug-likeness (QED) is 0.0563. The highest BCUT2D eigenvalue weighted by Crippen LogP contribution is 2.17. The van der Waals surface area contributed by atoms with Gasteiger partial charge in [-0.05, 0) is 32.1 Å². The number of aliphatic hydroxyl groups is 1. The van der Waals surface area contributed by atoms with Gasteiger partial charge in [0.05, 0.1) is 6.10 Å². The van der Waals surface area contributed by atoms with Crippen molar-refractivity contribution in [1.29, 1.82) is 0 Å². The number of allylic oxidation sites excluding steroid dienone is 2. The van der Waals surface area contributed by atoms with E-state index >= 15 is 0 Å². The van der Waals surface area contributed by atoms with Gasteiger partial charge in [0.15, 0.2) is 0 Å². The smallest absolute Gasteiger partial charge is 0.0540 e. The lowest BCUT2D eigenvalue weighted by Gasteiger charge is -2.09. The molecule has 1 N–H and O–H groups in total. The Morgan fingerprint density at radius 3 is 0.857 bits per heavy atom. The number of hydrogen-bond donors (Lipinski definition) is 1. The van der Waals surface area contributed by atoms with E-state index in [4.69, 9.17) is 0 Å². The van der Waals surface area contributed by atoms with Crippen molar-refractivity contribution in [1.82, 2.24) is 0 Å². The first-order valence-corrected chi connectivity index (χ1v) is 20.1. The van der Waals surface area contributed by atoms with Crippen LogP contribution >= 0.6 is 0 Å². The normalized spacial score (nSPS) is 12.5. The third-order valence-corrected chi connectivity index (χ3v) is 9.44. The molecule has 1 heteroatoms. The average molecular weight is 591 g/mol. The summed E-state index contributed by atoms with van der Waals surface area (Å²) in [6.45, 7) is 4.48. The van der Waals surface area contributed by atoms with Crippen LogP contribution < -0.4 is 0 Å². The summed E-state index contributed by atoms with van der Waals surface area (Å²) in [7, 11) is 0. The van der Waals surface area contributed by atoms with Gasteiger partial charge in [0.1, 0.15) is 0 Å². The van der Waals surface area contributed by atoms with Gasteiger partial charge in [-0.3, -0.25) is 0 Å². The van der Waals surface area contributed by atoms with E-state index in [-0.39, 0.29) is 6.10 Å². The fourth-order valence-corrected chi connectivity index (χ4v) is 6.38. The summed E-state index contributed by atoms with van der Waals surface area (Å²) in [4.78, 5) is 0. The highest BCUT2D eigenvalue weighted by atomic mass is 16.3. The molecule has 0 aliphatic rings. The van der Waals surface area contributed by atoms with Crippen molar-refractivity contribution in [3.8, 4) is 0 Å². The molecule has 0 fully saturated rings. The van der Waals surface area contributed by atoms with E-state index < -0.39 is 0 Å². The SMILES string of the molecule is CCCCC=CCCCCCCCCCCCCCCCCCCCCCCCCCCCCCCC(O)CCCC. The lowest BCUT2D eigenvalue weighted by Crippen LogP contribution is -2.05. The number of aliphatic hydroxyl groups excluding tert-OH is 1. The minimum absolute atomic E-state index is 0.0350. The lowest BCUT2D eigenvalue weighted by molar-refractivity contribution is 0.148. The van der Waals surface area contributed by atoms with Crippen LogP contribution in [0.15, 0.2) is 12.2 Å². The molecule has 1 unspecified atom stereocenters. The molecule has 0 radical (unpaired) electrons. The van der Waals surface area contributed by atoms with Gasteiger partial charge >= 0.3 is 0 Å². The zero-order valence-corrected chi connectivity index (χ0v) is 29.6. The van der Waals surface area contributed by atoms with Crippen LogP contribution in [-0.2, 0) is 0 Å². The van der Waals surface area contributed by atoms with Crippen LogP contribution in [-0.4, -0.2) is 11.2 Å². The Kier molecular flexibility index (Phi) is 38.4. The van der Waals surface area contributed by atoms with Gasteiger partial charge in [-0.25, -0.2) is 0 Å². The van der Waals surface area contributed by atoms with Crippen molar-refractivity contribution < 1.29 is 5.11 Å². The predicted molar refractivity (Wildman–Crippen MR) is 193 cm³/mol. The van der Waals surface area contributed by atoms with Crippen molar-refractivity contribution in [3.63, 3.8) is 0 Å². The Labute approximate surface area is 267 Å². The predicted octanol–water partition coefficient (Wildman–Crippen LogP) is 15.0. The van der Waals surface area contributed by atoms with Crippen molar-refractivity contribution in [2.24, 2.45) is 0 Å². The second-order valence-electron chi connectivity index (χ2n) is 13.9. The molecule has 252 valence electrons. The van der Waals surface area contributed by atoms with E-state index in [9.17, 15) is 5.11 Å². The molecular formula is C41H82O. The highest BCUT2D eigenvalue weighted by molar-refractivity contribution is 4.81. The minimum Gasteiger partial charge on any atom is -0.393 e. The van der Waals surface area contributed by atoms with Crippen LogP contribution in [0.1, 0.15) is 245 Å². The minimum atomic E-state index is -0.0350. The topological polar surface area (TPSA) is 20.2 Å². The Hall–Kier alpha value is -0.300. The summed E-state index contributed by atoms with van der Waals surface area (Å²) in [5.74, 6) is 0. The monoisotopic (exact) mass is 591 g/mol. The number of rotatable bonds is 37. The largest absolute Gasteiger partial charge is 0.393 e. The summed E-state index contributed by atoms with van der Waals surface area (Å²) >= 11 is 0. The maximum absolute atomic E-state index is 9.90. The van der Waals surface area contributed by atoms with E-state index in [0.29, 0.717) is 0 Å². The highest BCUT2D eigenvalue weighted by Gasteiger charge is 2.02. The molecule has 0 aromatic heterocycles. The van der Waals surface area contributed by atoms with Gasteiger partial charge in [-0.1, -0.05) is 225 Å². The molecular weight excluding hydrogens is 508 g/mol. The van der Waals surface area contributed by atoms with Gasteiger partial charge in [-0.15, -0.1) is 0 Å². The molecule has 1 nitrogen and oxygen atoms in total. The number of hydrogen-bond acceptors (Lipinski definition) is 1. The Morgan fingerprint density at radius 1 is 0.310 bits per heavy atom. The maximum Gasteiger partial charge on any atom is 0.0540 e. The molecule has 0 rings (SSSR count). The third-order valence-electron chi connectivity index (χ3n) is 9.44. The van der Waals surface area contributed by atoms with Crippen LogP contribution in [0.2, 0.25) is 0 Å². The van der Waals surface area contributed by atoms with E-state index in [1.165, 1.54) is 218 Å². The zero-order chi connectivity index (χ0) is 30.4. The molecule has 0 aliphatic carbocycles. The zero-order valence-electron chi connectivity index (χ0n) is 29.6. The van der Waals surface area contributed by atoms with E-state index in [1.54, 1.807) is 0 Å². The van der Waals surface area contributed by atoms with Gasteiger partial charge in [-0.2, -0.15) is 0 Å². The van der Waals surface area contributed by atoms with Crippen LogP contribution in [0.4, 0.5) is 0 Å². The standard InChI is InChI=1S/C41H82O/c1-3-5-7-8-9-10-11-12-13-14-15-16-17-18-19-20-21-22-23-24-25-26-27-28-29-30-31-32-33-34-35-36-37-38-40-41(42)39-6-4-2/h8-9,41-42H,3-7,10-40H2,1-2H3.